The molecule has 0 spiro atoms. The SMILES string of the molecule is C[C@]1(F)C=CC(=O)C(Br)=C1COCc1ccccc1. The van der Waals surface area contributed by atoms with Crippen LogP contribution in [0.4, 0.5) is 4.39 Å². The van der Waals surface area contributed by atoms with Crippen LogP contribution in [0.15, 0.2) is 52.5 Å². The Labute approximate surface area is 120 Å². The number of rotatable bonds is 4. The molecule has 0 aromatic heterocycles. The Hall–Kier alpha value is -1.26. The quantitative estimate of drug-likeness (QED) is 0.843. The van der Waals surface area contributed by atoms with Crippen LogP contribution in [0, 0.1) is 0 Å². The van der Waals surface area contributed by atoms with Crippen molar-refractivity contribution in [3.8, 4) is 0 Å². The van der Waals surface area contributed by atoms with E-state index in [0.717, 1.165) is 5.56 Å². The number of halogens is 2. The van der Waals surface area contributed by atoms with Crippen LogP contribution in [-0.4, -0.2) is 18.1 Å². The smallest absolute Gasteiger partial charge is 0.192 e. The van der Waals surface area contributed by atoms with Gasteiger partial charge in [0, 0.05) is 5.57 Å². The average molecular weight is 325 g/mol. The molecule has 0 unspecified atom stereocenters. The average Bonchev–Trinajstić information content (AvgIpc) is 2.40. The minimum absolute atomic E-state index is 0.0819. The predicted octanol–water partition coefficient (Wildman–Crippen LogP) is 3.72. The summed E-state index contributed by atoms with van der Waals surface area (Å²) in [5.41, 5.74) is -0.308. The molecule has 100 valence electrons. The second-order valence-electron chi connectivity index (χ2n) is 4.54. The van der Waals surface area contributed by atoms with Crippen LogP contribution in [0.2, 0.25) is 0 Å². The molecule has 0 radical (unpaired) electrons. The van der Waals surface area contributed by atoms with Crippen LogP contribution < -0.4 is 0 Å². The summed E-state index contributed by atoms with van der Waals surface area (Å²) in [6.45, 7) is 1.88. The van der Waals surface area contributed by atoms with Gasteiger partial charge in [-0.05, 0) is 40.6 Å². The Morgan fingerprint density at radius 2 is 1.95 bits per heavy atom. The van der Waals surface area contributed by atoms with E-state index in [0.29, 0.717) is 12.2 Å². The van der Waals surface area contributed by atoms with Crippen molar-refractivity contribution in [1.29, 1.82) is 0 Å². The summed E-state index contributed by atoms with van der Waals surface area (Å²) in [7, 11) is 0. The third kappa shape index (κ3) is 3.39. The molecule has 19 heavy (non-hydrogen) atoms. The van der Waals surface area contributed by atoms with Gasteiger partial charge in [0.05, 0.1) is 17.7 Å². The lowest BCUT2D eigenvalue weighted by Gasteiger charge is -2.24. The number of carbonyl (C=O) groups excluding carboxylic acids is 1. The fourth-order valence-corrected chi connectivity index (χ4v) is 2.45. The number of hydrogen-bond donors (Lipinski definition) is 0. The van der Waals surface area contributed by atoms with Gasteiger partial charge in [0.1, 0.15) is 0 Å². The van der Waals surface area contributed by atoms with Crippen molar-refractivity contribution in [1.82, 2.24) is 0 Å². The van der Waals surface area contributed by atoms with E-state index in [-0.39, 0.29) is 16.9 Å². The molecule has 0 saturated carbocycles. The van der Waals surface area contributed by atoms with Crippen molar-refractivity contribution in [3.05, 3.63) is 58.1 Å². The molecule has 1 aromatic carbocycles. The zero-order valence-electron chi connectivity index (χ0n) is 10.5. The molecule has 0 heterocycles. The molecule has 0 amide bonds. The molecule has 0 fully saturated rings. The molecular weight excluding hydrogens is 311 g/mol. The molecule has 2 nitrogen and oxygen atoms in total. The van der Waals surface area contributed by atoms with E-state index in [1.807, 2.05) is 30.3 Å². The van der Waals surface area contributed by atoms with Crippen LogP contribution in [0.5, 0.6) is 0 Å². The molecule has 0 bridgehead atoms. The van der Waals surface area contributed by atoms with E-state index in [2.05, 4.69) is 15.9 Å². The summed E-state index contributed by atoms with van der Waals surface area (Å²) >= 11 is 3.14. The van der Waals surface area contributed by atoms with Gasteiger partial charge in [-0.15, -0.1) is 0 Å². The summed E-state index contributed by atoms with van der Waals surface area (Å²) in [4.78, 5) is 11.5. The highest BCUT2D eigenvalue weighted by Crippen LogP contribution is 2.33. The number of carbonyl (C=O) groups is 1. The monoisotopic (exact) mass is 324 g/mol. The predicted molar refractivity (Wildman–Crippen MR) is 75.7 cm³/mol. The maximum atomic E-state index is 14.3. The van der Waals surface area contributed by atoms with Crippen molar-refractivity contribution in [2.24, 2.45) is 0 Å². The van der Waals surface area contributed by atoms with Gasteiger partial charge < -0.3 is 4.74 Å². The zero-order chi connectivity index (χ0) is 13.9. The van der Waals surface area contributed by atoms with Gasteiger partial charge in [-0.25, -0.2) is 4.39 Å². The van der Waals surface area contributed by atoms with Crippen LogP contribution in [0.25, 0.3) is 0 Å². The van der Waals surface area contributed by atoms with E-state index in [4.69, 9.17) is 4.74 Å². The van der Waals surface area contributed by atoms with Crippen molar-refractivity contribution in [2.75, 3.05) is 6.61 Å². The fourth-order valence-electron chi connectivity index (χ4n) is 1.82. The molecule has 1 atom stereocenters. The van der Waals surface area contributed by atoms with E-state index < -0.39 is 5.67 Å². The van der Waals surface area contributed by atoms with Crippen molar-refractivity contribution in [2.45, 2.75) is 19.2 Å². The molecule has 4 heteroatoms. The molecule has 0 N–H and O–H groups in total. The van der Waals surface area contributed by atoms with E-state index in [9.17, 15) is 9.18 Å². The first-order valence-electron chi connectivity index (χ1n) is 5.94. The first-order valence-corrected chi connectivity index (χ1v) is 6.73. The largest absolute Gasteiger partial charge is 0.372 e. The molecule has 0 saturated heterocycles. The third-order valence-electron chi connectivity index (χ3n) is 2.98. The van der Waals surface area contributed by atoms with Crippen LogP contribution in [0.1, 0.15) is 12.5 Å². The number of benzene rings is 1. The van der Waals surface area contributed by atoms with Crippen LogP contribution in [-0.2, 0) is 16.1 Å². The van der Waals surface area contributed by atoms with Crippen molar-refractivity contribution in [3.63, 3.8) is 0 Å². The van der Waals surface area contributed by atoms with Crippen molar-refractivity contribution < 1.29 is 13.9 Å². The lowest BCUT2D eigenvalue weighted by molar-refractivity contribution is -0.111. The molecule has 2 rings (SSSR count). The topological polar surface area (TPSA) is 26.3 Å². The number of hydrogen-bond acceptors (Lipinski definition) is 2. The summed E-state index contributed by atoms with van der Waals surface area (Å²) in [5.74, 6) is -0.228. The number of alkyl halides is 1. The lowest BCUT2D eigenvalue weighted by Crippen LogP contribution is -2.27. The summed E-state index contributed by atoms with van der Waals surface area (Å²) in [6.07, 6.45) is 2.51. The minimum atomic E-state index is -1.65. The van der Waals surface area contributed by atoms with Gasteiger partial charge in [0.15, 0.2) is 11.5 Å². The number of allylic oxidation sites excluding steroid dienone is 3. The van der Waals surface area contributed by atoms with Gasteiger partial charge in [-0.1, -0.05) is 30.3 Å². The summed E-state index contributed by atoms with van der Waals surface area (Å²) in [5, 5.41) is 0. The maximum absolute atomic E-state index is 14.3. The Kier molecular flexibility index (Phi) is 4.32. The normalized spacial score (nSPS) is 23.0. The van der Waals surface area contributed by atoms with E-state index >= 15 is 0 Å². The fraction of sp³-hybridized carbons (Fsp3) is 0.267. The number of ether oxygens (including phenoxy) is 1. The highest BCUT2D eigenvalue weighted by Gasteiger charge is 2.33. The molecule has 1 aliphatic rings. The highest BCUT2D eigenvalue weighted by atomic mass is 79.9. The zero-order valence-corrected chi connectivity index (χ0v) is 12.1. The van der Waals surface area contributed by atoms with Gasteiger partial charge in [0.2, 0.25) is 0 Å². The standard InChI is InChI=1S/C15H14BrFO2/c1-15(17)8-7-13(18)14(16)12(15)10-19-9-11-5-3-2-4-6-11/h2-8H,9-10H2,1H3/t15-/m0/s1. The Bertz CT molecular complexity index is 532. The number of ketones is 1. The van der Waals surface area contributed by atoms with Gasteiger partial charge in [-0.3, -0.25) is 4.79 Å². The van der Waals surface area contributed by atoms with Crippen LogP contribution >= 0.6 is 15.9 Å². The second kappa shape index (κ2) is 5.80. The van der Waals surface area contributed by atoms with Gasteiger partial charge in [-0.2, -0.15) is 0 Å². The van der Waals surface area contributed by atoms with Crippen LogP contribution in [0.3, 0.4) is 0 Å². The second-order valence-corrected chi connectivity index (χ2v) is 5.34. The third-order valence-corrected chi connectivity index (χ3v) is 3.85. The van der Waals surface area contributed by atoms with Gasteiger partial charge >= 0.3 is 0 Å². The minimum Gasteiger partial charge on any atom is -0.372 e. The molecule has 0 aliphatic heterocycles. The maximum Gasteiger partial charge on any atom is 0.192 e. The van der Waals surface area contributed by atoms with Crippen molar-refractivity contribution >= 4 is 21.7 Å². The van der Waals surface area contributed by atoms with E-state index in [1.54, 1.807) is 0 Å². The first kappa shape index (κ1) is 14.2. The Balaban J connectivity index is 2.02. The lowest BCUT2D eigenvalue weighted by atomic mass is 9.92. The Morgan fingerprint density at radius 1 is 1.26 bits per heavy atom. The summed E-state index contributed by atoms with van der Waals surface area (Å²) in [6, 6.07) is 9.62. The van der Waals surface area contributed by atoms with Gasteiger partial charge in [0.25, 0.3) is 0 Å². The highest BCUT2D eigenvalue weighted by molar-refractivity contribution is 9.12. The Morgan fingerprint density at radius 3 is 2.63 bits per heavy atom. The molecular formula is C15H14BrFO2. The first-order chi connectivity index (χ1) is 9.00. The van der Waals surface area contributed by atoms with E-state index in [1.165, 1.54) is 19.1 Å². The molecule has 1 aromatic rings. The summed E-state index contributed by atoms with van der Waals surface area (Å²) < 4.78 is 20.0. The molecule has 1 aliphatic carbocycles.